The van der Waals surface area contributed by atoms with Crippen molar-refractivity contribution in [3.63, 3.8) is 0 Å². The van der Waals surface area contributed by atoms with E-state index in [-0.39, 0.29) is 29.8 Å². The molecule has 0 radical (unpaired) electrons. The Morgan fingerprint density at radius 3 is 2.23 bits per heavy atom. The van der Waals surface area contributed by atoms with Crippen molar-refractivity contribution in [2.75, 3.05) is 7.11 Å². The van der Waals surface area contributed by atoms with Crippen LogP contribution in [0, 0.1) is 0 Å². The lowest BCUT2D eigenvalue weighted by Gasteiger charge is -2.20. The highest BCUT2D eigenvalue weighted by molar-refractivity contribution is 5.94. The number of hydrogen-bond acceptors (Lipinski definition) is 3. The van der Waals surface area contributed by atoms with Gasteiger partial charge in [0.15, 0.2) is 0 Å². The van der Waals surface area contributed by atoms with E-state index < -0.39 is 0 Å². The summed E-state index contributed by atoms with van der Waals surface area (Å²) in [5, 5.41) is 2.92. The van der Waals surface area contributed by atoms with Crippen LogP contribution in [-0.4, -0.2) is 25.0 Å². The van der Waals surface area contributed by atoms with Crippen LogP contribution in [0.3, 0.4) is 0 Å². The van der Waals surface area contributed by atoms with Crippen molar-refractivity contribution in [3.05, 3.63) is 35.4 Å². The molecular weight excluding hydrogens is 278 g/mol. The van der Waals surface area contributed by atoms with E-state index in [2.05, 4.69) is 30.8 Å². The van der Waals surface area contributed by atoms with Crippen molar-refractivity contribution in [1.29, 1.82) is 0 Å². The average molecular weight is 305 g/mol. The third-order valence-corrected chi connectivity index (χ3v) is 3.63. The molecule has 0 aromatic heterocycles. The van der Waals surface area contributed by atoms with Gasteiger partial charge in [0.25, 0.3) is 5.91 Å². The zero-order valence-electron chi connectivity index (χ0n) is 14.2. The molecule has 0 aliphatic heterocycles. The summed E-state index contributed by atoms with van der Waals surface area (Å²) < 4.78 is 4.68. The van der Waals surface area contributed by atoms with Gasteiger partial charge in [-0.05, 0) is 29.5 Å². The van der Waals surface area contributed by atoms with Crippen molar-refractivity contribution in [1.82, 2.24) is 5.32 Å². The molecule has 0 aliphatic rings. The number of carbonyl (C=O) groups is 2. The summed E-state index contributed by atoms with van der Waals surface area (Å²) in [7, 11) is 1.36. The predicted octanol–water partition coefficient (Wildman–Crippen LogP) is 3.45. The second-order valence-corrected chi connectivity index (χ2v) is 6.57. The minimum atomic E-state index is -0.304. The number of benzene rings is 1. The van der Waals surface area contributed by atoms with Crippen LogP contribution < -0.4 is 5.32 Å². The van der Waals surface area contributed by atoms with Gasteiger partial charge in [0.05, 0.1) is 13.5 Å². The Bertz CT molecular complexity index is 500. The number of methoxy groups -OCH3 is 1. The lowest BCUT2D eigenvalue weighted by Crippen LogP contribution is -2.36. The summed E-state index contributed by atoms with van der Waals surface area (Å²) in [5.41, 5.74) is 1.85. The largest absolute Gasteiger partial charge is 0.469 e. The maximum Gasteiger partial charge on any atom is 0.307 e. The zero-order valence-corrected chi connectivity index (χ0v) is 14.2. The Morgan fingerprint density at radius 2 is 1.77 bits per heavy atom. The van der Waals surface area contributed by atoms with Gasteiger partial charge in [-0.3, -0.25) is 9.59 Å². The third-order valence-electron chi connectivity index (χ3n) is 3.63. The Morgan fingerprint density at radius 1 is 1.18 bits per heavy atom. The molecule has 1 unspecified atom stereocenters. The maximum atomic E-state index is 12.3. The first-order valence-corrected chi connectivity index (χ1v) is 7.76. The highest BCUT2D eigenvalue weighted by atomic mass is 16.5. The van der Waals surface area contributed by atoms with Crippen molar-refractivity contribution in [2.24, 2.45) is 0 Å². The normalized spacial score (nSPS) is 12.6. The first-order chi connectivity index (χ1) is 10.3. The van der Waals surface area contributed by atoms with E-state index >= 15 is 0 Å². The molecule has 1 aromatic carbocycles. The van der Waals surface area contributed by atoms with Crippen molar-refractivity contribution >= 4 is 11.9 Å². The first-order valence-electron chi connectivity index (χ1n) is 7.76. The average Bonchev–Trinajstić information content (AvgIpc) is 2.46. The van der Waals surface area contributed by atoms with Crippen molar-refractivity contribution in [2.45, 2.75) is 58.4 Å². The van der Waals surface area contributed by atoms with Gasteiger partial charge in [-0.1, -0.05) is 46.2 Å². The number of nitrogens with one attached hydrogen (secondary N) is 1. The minimum Gasteiger partial charge on any atom is -0.469 e. The summed E-state index contributed by atoms with van der Waals surface area (Å²) in [5.74, 6) is -0.454. The van der Waals surface area contributed by atoms with Gasteiger partial charge >= 0.3 is 5.97 Å². The molecule has 0 heterocycles. The van der Waals surface area contributed by atoms with Gasteiger partial charge in [0.2, 0.25) is 0 Å². The third kappa shape index (κ3) is 5.51. The number of rotatable bonds is 6. The number of ether oxygens (including phenoxy) is 1. The van der Waals surface area contributed by atoms with Crippen LogP contribution in [0.4, 0.5) is 0 Å². The van der Waals surface area contributed by atoms with Crippen LogP contribution in [0.1, 0.15) is 62.9 Å². The molecule has 22 heavy (non-hydrogen) atoms. The second-order valence-electron chi connectivity index (χ2n) is 6.57. The number of esters is 1. The van der Waals surface area contributed by atoms with Crippen molar-refractivity contribution < 1.29 is 14.3 Å². The van der Waals surface area contributed by atoms with Gasteiger partial charge in [-0.15, -0.1) is 0 Å². The van der Waals surface area contributed by atoms with Crippen LogP contribution >= 0.6 is 0 Å². The van der Waals surface area contributed by atoms with E-state index in [0.29, 0.717) is 5.56 Å². The smallest absolute Gasteiger partial charge is 0.307 e. The van der Waals surface area contributed by atoms with E-state index in [9.17, 15) is 9.59 Å². The van der Waals surface area contributed by atoms with Crippen LogP contribution in [-0.2, 0) is 14.9 Å². The van der Waals surface area contributed by atoms with Crippen LogP contribution in [0.25, 0.3) is 0 Å². The number of carbonyl (C=O) groups excluding carboxylic acids is 2. The Balaban J connectivity index is 2.75. The summed E-state index contributed by atoms with van der Waals surface area (Å²) in [6.07, 6.45) is 1.85. The zero-order chi connectivity index (χ0) is 16.8. The number of amides is 1. The highest BCUT2D eigenvalue weighted by Crippen LogP contribution is 2.22. The lowest BCUT2D eigenvalue weighted by atomic mass is 9.86. The van der Waals surface area contributed by atoms with Gasteiger partial charge in [0.1, 0.15) is 0 Å². The molecule has 1 amide bonds. The molecule has 122 valence electrons. The summed E-state index contributed by atoms with van der Waals surface area (Å²) in [6, 6.07) is 7.43. The molecule has 4 nitrogen and oxygen atoms in total. The van der Waals surface area contributed by atoms with Crippen LogP contribution in [0.2, 0.25) is 0 Å². The maximum absolute atomic E-state index is 12.3. The van der Waals surface area contributed by atoms with Crippen LogP contribution in [0.15, 0.2) is 24.3 Å². The Labute approximate surface area is 133 Å². The predicted molar refractivity (Wildman–Crippen MR) is 87.9 cm³/mol. The lowest BCUT2D eigenvalue weighted by molar-refractivity contribution is -0.141. The quantitative estimate of drug-likeness (QED) is 0.819. The van der Waals surface area contributed by atoms with E-state index in [4.69, 9.17) is 0 Å². The highest BCUT2D eigenvalue weighted by Gasteiger charge is 2.18. The van der Waals surface area contributed by atoms with E-state index in [1.165, 1.54) is 12.7 Å². The summed E-state index contributed by atoms with van der Waals surface area (Å²) >= 11 is 0. The fourth-order valence-electron chi connectivity index (χ4n) is 2.25. The van der Waals surface area contributed by atoms with Gasteiger partial charge in [0, 0.05) is 11.6 Å². The number of hydrogen-bond donors (Lipinski definition) is 1. The minimum absolute atomic E-state index is 0.0602. The summed E-state index contributed by atoms with van der Waals surface area (Å²) in [6.45, 7) is 8.43. The molecule has 1 N–H and O–H groups in total. The molecule has 0 bridgehead atoms. The van der Waals surface area contributed by atoms with E-state index in [1.54, 1.807) is 0 Å². The molecule has 0 saturated heterocycles. The molecular formula is C18H27NO3. The summed E-state index contributed by atoms with van der Waals surface area (Å²) in [4.78, 5) is 23.7. The fourth-order valence-corrected chi connectivity index (χ4v) is 2.25. The van der Waals surface area contributed by atoms with E-state index in [1.807, 2.05) is 31.2 Å². The molecule has 1 aromatic rings. The van der Waals surface area contributed by atoms with Crippen molar-refractivity contribution in [3.8, 4) is 0 Å². The molecule has 0 spiro atoms. The van der Waals surface area contributed by atoms with Crippen LogP contribution in [0.5, 0.6) is 0 Å². The Kier molecular flexibility index (Phi) is 6.60. The fraction of sp³-hybridized carbons (Fsp3) is 0.556. The molecule has 0 fully saturated rings. The molecule has 0 saturated carbocycles. The molecule has 1 atom stereocenters. The molecule has 1 rings (SSSR count). The van der Waals surface area contributed by atoms with Gasteiger partial charge in [-0.2, -0.15) is 0 Å². The molecule has 0 aliphatic carbocycles. The van der Waals surface area contributed by atoms with E-state index in [0.717, 1.165) is 12.8 Å². The standard InChI is InChI=1S/C18H27NO3/c1-6-7-15(12-16(20)22-5)19-17(21)13-8-10-14(11-9-13)18(2,3)4/h8-11,15H,6-7,12H2,1-5H3,(H,19,21). The van der Waals surface area contributed by atoms with Gasteiger partial charge in [-0.25, -0.2) is 0 Å². The second kappa shape index (κ2) is 7.97. The SMILES string of the molecule is CCCC(CC(=O)OC)NC(=O)c1ccc(C(C)(C)C)cc1. The topological polar surface area (TPSA) is 55.4 Å². The molecule has 4 heteroatoms. The van der Waals surface area contributed by atoms with Gasteiger partial charge < -0.3 is 10.1 Å². The monoisotopic (exact) mass is 305 g/mol. The Hall–Kier alpha value is -1.84. The first kappa shape index (κ1) is 18.2.